The zero-order chi connectivity index (χ0) is 31.9. The van der Waals surface area contributed by atoms with Crippen molar-refractivity contribution in [1.82, 2.24) is 19.9 Å². The molecule has 44 heavy (non-hydrogen) atoms. The molecule has 0 saturated carbocycles. The Morgan fingerprint density at radius 1 is 0.955 bits per heavy atom. The molecule has 1 aromatic carbocycles. The van der Waals surface area contributed by atoms with Crippen LogP contribution in [0, 0.1) is 12.8 Å². The number of Topliss-reactive ketones (excluding diaryl/α,β-unsaturated/α-hetero) is 1. The highest BCUT2D eigenvalue weighted by atomic mass is 32.2. The number of hydrogen-bond acceptors (Lipinski definition) is 12. The van der Waals surface area contributed by atoms with E-state index in [-0.39, 0.29) is 70.0 Å². The summed E-state index contributed by atoms with van der Waals surface area (Å²) >= 11 is 0. The molecule has 1 N–H and O–H groups in total. The van der Waals surface area contributed by atoms with Crippen LogP contribution in [0.5, 0.6) is 23.1 Å². The summed E-state index contributed by atoms with van der Waals surface area (Å²) in [6.07, 6.45) is 3.02. The molecule has 13 nitrogen and oxygen atoms in total. The van der Waals surface area contributed by atoms with Gasteiger partial charge in [0.05, 0.1) is 14.2 Å². The van der Waals surface area contributed by atoms with Crippen LogP contribution in [0.15, 0.2) is 66.0 Å². The van der Waals surface area contributed by atoms with Crippen molar-refractivity contribution >= 4 is 27.6 Å². The number of para-hydroxylation sites is 2. The van der Waals surface area contributed by atoms with Crippen LogP contribution in [0.3, 0.4) is 0 Å². The number of hydrogen-bond donors (Lipinski definition) is 1. The molecule has 0 atom stereocenters. The molecule has 0 amide bonds. The fraction of sp³-hybridized carbons (Fsp3) is 0.267. The number of methoxy groups -OCH3 is 2. The van der Waals surface area contributed by atoms with E-state index in [1.54, 1.807) is 37.3 Å². The number of sulfonamides is 1. The van der Waals surface area contributed by atoms with Gasteiger partial charge in [0, 0.05) is 24.4 Å². The number of anilines is 1. The zero-order valence-electron chi connectivity index (χ0n) is 24.7. The number of ketones is 1. The quantitative estimate of drug-likeness (QED) is 0.206. The summed E-state index contributed by atoms with van der Waals surface area (Å²) in [5, 5.41) is -0.258. The Kier molecular flexibility index (Phi) is 10.1. The molecule has 14 heteroatoms. The van der Waals surface area contributed by atoms with Gasteiger partial charge in [0.2, 0.25) is 5.75 Å². The third kappa shape index (κ3) is 7.83. The van der Waals surface area contributed by atoms with Gasteiger partial charge in [0.15, 0.2) is 34.0 Å². The minimum absolute atomic E-state index is 0.0314. The number of esters is 1. The summed E-state index contributed by atoms with van der Waals surface area (Å²) in [6.45, 7) is 5.16. The number of nitrogens with zero attached hydrogens (tertiary/aromatic N) is 4. The minimum atomic E-state index is -4.27. The van der Waals surface area contributed by atoms with E-state index < -0.39 is 16.0 Å². The van der Waals surface area contributed by atoms with Crippen LogP contribution in [0.4, 0.5) is 5.82 Å². The van der Waals surface area contributed by atoms with Gasteiger partial charge in [-0.2, -0.15) is 13.4 Å². The van der Waals surface area contributed by atoms with Gasteiger partial charge < -0.3 is 18.9 Å². The van der Waals surface area contributed by atoms with Crippen molar-refractivity contribution in [2.45, 2.75) is 32.2 Å². The van der Waals surface area contributed by atoms with E-state index in [0.29, 0.717) is 5.75 Å². The number of pyridine rings is 2. The second-order valence-electron chi connectivity index (χ2n) is 9.91. The van der Waals surface area contributed by atoms with Crippen LogP contribution < -0.4 is 18.9 Å². The highest BCUT2D eigenvalue weighted by molar-refractivity contribution is 7.92. The lowest BCUT2D eigenvalue weighted by atomic mass is 10.1. The number of nitrogens with one attached hydrogen (secondary N) is 1. The molecule has 0 bridgehead atoms. The van der Waals surface area contributed by atoms with Crippen molar-refractivity contribution < 1.29 is 37.0 Å². The first kappa shape index (κ1) is 31.8. The Balaban J connectivity index is 1.76. The second-order valence-corrected chi connectivity index (χ2v) is 11.5. The van der Waals surface area contributed by atoms with E-state index in [0.717, 1.165) is 5.56 Å². The molecule has 0 aliphatic rings. The predicted molar refractivity (Wildman–Crippen MR) is 159 cm³/mol. The minimum Gasteiger partial charge on any atom is -0.493 e. The molecule has 0 unspecified atom stereocenters. The van der Waals surface area contributed by atoms with E-state index in [2.05, 4.69) is 24.7 Å². The van der Waals surface area contributed by atoms with Crippen LogP contribution in [0.2, 0.25) is 0 Å². The normalized spacial score (nSPS) is 11.1. The summed E-state index contributed by atoms with van der Waals surface area (Å²) in [7, 11) is -1.49. The van der Waals surface area contributed by atoms with Gasteiger partial charge in [-0.15, -0.1) is 0 Å². The maximum absolute atomic E-state index is 13.4. The summed E-state index contributed by atoms with van der Waals surface area (Å²) in [4.78, 5) is 41.6. The molecule has 0 radical (unpaired) electrons. The molecular formula is C30H31N5O8S. The summed E-state index contributed by atoms with van der Waals surface area (Å²) in [5.74, 6) is -0.919. The van der Waals surface area contributed by atoms with Crippen LogP contribution in [-0.4, -0.2) is 60.9 Å². The van der Waals surface area contributed by atoms with Crippen molar-refractivity contribution in [3.63, 3.8) is 0 Å². The third-order valence-corrected chi connectivity index (χ3v) is 7.18. The Hall–Kier alpha value is -5.11. The third-order valence-electron chi connectivity index (χ3n) is 5.93. The lowest BCUT2D eigenvalue weighted by Crippen LogP contribution is -2.17. The fourth-order valence-electron chi connectivity index (χ4n) is 3.88. The van der Waals surface area contributed by atoms with E-state index in [4.69, 9.17) is 18.9 Å². The molecule has 0 saturated heterocycles. The Labute approximate surface area is 254 Å². The highest BCUT2D eigenvalue weighted by Crippen LogP contribution is 2.41. The standard InChI is InChI=1S/C30H31N5O8S/c1-18(2)14-21(36)17-42-30(37)22-15-20(12-13-31-22)27-33-28(35-44(38,39)25-11-10-19(3)16-32-25)26(29(34-27)41-5)43-24-9-7-6-8-23(24)40-4/h6-13,15-16,18H,14,17H2,1-5H3,(H,33,34,35). The summed E-state index contributed by atoms with van der Waals surface area (Å²) in [5.41, 5.74) is 0.936. The smallest absolute Gasteiger partial charge is 0.357 e. The average molecular weight is 622 g/mol. The van der Waals surface area contributed by atoms with Crippen LogP contribution >= 0.6 is 0 Å². The van der Waals surface area contributed by atoms with Gasteiger partial charge in [0.25, 0.3) is 15.9 Å². The van der Waals surface area contributed by atoms with Gasteiger partial charge in [0.1, 0.15) is 12.3 Å². The van der Waals surface area contributed by atoms with Crippen molar-refractivity contribution in [3.05, 3.63) is 72.2 Å². The second kappa shape index (κ2) is 13.9. The molecular weight excluding hydrogens is 590 g/mol. The first-order chi connectivity index (χ1) is 21.0. The van der Waals surface area contributed by atoms with Crippen LogP contribution in [0.25, 0.3) is 11.4 Å². The lowest BCUT2D eigenvalue weighted by Gasteiger charge is -2.17. The highest BCUT2D eigenvalue weighted by Gasteiger charge is 2.26. The summed E-state index contributed by atoms with van der Waals surface area (Å²) in [6, 6.07) is 12.5. The number of benzene rings is 1. The van der Waals surface area contributed by atoms with Gasteiger partial charge in [-0.3, -0.25) is 9.52 Å². The fourth-order valence-corrected chi connectivity index (χ4v) is 4.82. The number of rotatable bonds is 13. The van der Waals surface area contributed by atoms with Crippen LogP contribution in [0.1, 0.15) is 36.3 Å². The SMILES string of the molecule is COc1ccccc1Oc1c(NS(=O)(=O)c2ccc(C)cn2)nc(-c2ccnc(C(=O)OCC(=O)CC(C)C)c2)nc1OC. The van der Waals surface area contributed by atoms with Gasteiger partial charge in [-0.25, -0.2) is 19.7 Å². The molecule has 3 heterocycles. The van der Waals surface area contributed by atoms with Gasteiger partial charge in [-0.05, 0) is 48.7 Å². The van der Waals surface area contributed by atoms with E-state index in [1.807, 2.05) is 13.8 Å². The topological polar surface area (TPSA) is 169 Å². The monoisotopic (exact) mass is 621 g/mol. The van der Waals surface area contributed by atoms with Crippen LogP contribution in [-0.2, 0) is 19.6 Å². The largest absolute Gasteiger partial charge is 0.493 e. The van der Waals surface area contributed by atoms with E-state index >= 15 is 0 Å². The van der Waals surface area contributed by atoms with Crippen molar-refractivity contribution in [2.24, 2.45) is 5.92 Å². The Morgan fingerprint density at radius 3 is 2.36 bits per heavy atom. The van der Waals surface area contributed by atoms with Gasteiger partial charge in [-0.1, -0.05) is 32.0 Å². The number of carbonyl (C=O) groups is 2. The summed E-state index contributed by atoms with van der Waals surface area (Å²) < 4.78 is 51.2. The molecule has 0 spiro atoms. The lowest BCUT2D eigenvalue weighted by molar-refractivity contribution is -0.122. The number of carbonyl (C=O) groups excluding carboxylic acids is 2. The first-order valence-electron chi connectivity index (χ1n) is 13.4. The maximum atomic E-state index is 13.4. The average Bonchev–Trinajstić information content (AvgIpc) is 3.00. The molecule has 4 rings (SSSR count). The maximum Gasteiger partial charge on any atom is 0.357 e. The first-order valence-corrected chi connectivity index (χ1v) is 14.9. The van der Waals surface area contributed by atoms with Crippen molar-refractivity contribution in [3.8, 4) is 34.5 Å². The molecule has 0 aliphatic carbocycles. The molecule has 0 fully saturated rings. The molecule has 0 aliphatic heterocycles. The Morgan fingerprint density at radius 2 is 1.70 bits per heavy atom. The van der Waals surface area contributed by atoms with Gasteiger partial charge >= 0.3 is 5.97 Å². The van der Waals surface area contributed by atoms with E-state index in [1.165, 1.54) is 44.8 Å². The Bertz CT molecular complexity index is 1760. The predicted octanol–water partition coefficient (Wildman–Crippen LogP) is 4.62. The number of aromatic nitrogens is 4. The number of ether oxygens (including phenoxy) is 4. The molecule has 4 aromatic rings. The van der Waals surface area contributed by atoms with Crippen molar-refractivity contribution in [2.75, 3.05) is 25.5 Å². The van der Waals surface area contributed by atoms with E-state index in [9.17, 15) is 18.0 Å². The number of aryl methyl sites for hydroxylation is 1. The molecule has 3 aromatic heterocycles. The van der Waals surface area contributed by atoms with Crippen molar-refractivity contribution in [1.29, 1.82) is 0 Å². The zero-order valence-corrected chi connectivity index (χ0v) is 25.5. The molecule has 230 valence electrons.